The van der Waals surface area contributed by atoms with E-state index in [0.29, 0.717) is 0 Å². The Hall–Kier alpha value is -5.32. The first kappa shape index (κ1) is 26.1. The highest BCUT2D eigenvalue weighted by Gasteiger charge is 2.26. The Morgan fingerprint density at radius 3 is 2.04 bits per heavy atom. The fourth-order valence-corrected chi connectivity index (χ4v) is 7.76. The molecule has 0 bridgehead atoms. The second-order valence-corrected chi connectivity index (χ2v) is 12.8. The summed E-state index contributed by atoms with van der Waals surface area (Å²) < 4.78 is 0. The van der Waals surface area contributed by atoms with Crippen molar-refractivity contribution in [2.45, 2.75) is 16.4 Å². The molecule has 0 saturated heterocycles. The summed E-state index contributed by atoms with van der Waals surface area (Å²) in [5, 5.41) is 15.3. The molecule has 0 amide bonds. The molecule has 0 saturated carbocycles. The van der Waals surface area contributed by atoms with E-state index >= 15 is 0 Å². The summed E-state index contributed by atoms with van der Waals surface area (Å²) in [5.74, 6) is 0. The lowest BCUT2D eigenvalue weighted by Gasteiger charge is -2.25. The number of nitrogens with one attached hydrogen (secondary N) is 2. The van der Waals surface area contributed by atoms with Crippen molar-refractivity contribution in [2.24, 2.45) is 4.99 Å². The number of anilines is 1. The number of hydrogen-bond donors (Lipinski definition) is 2. The molecule has 3 nitrogen and oxygen atoms in total. The summed E-state index contributed by atoms with van der Waals surface area (Å²) in [6.45, 7) is 0. The molecule has 45 heavy (non-hydrogen) atoms. The van der Waals surface area contributed by atoms with Gasteiger partial charge in [-0.25, -0.2) is 0 Å². The van der Waals surface area contributed by atoms with E-state index in [1.165, 1.54) is 48.5 Å². The zero-order valence-electron chi connectivity index (χ0n) is 24.4. The van der Waals surface area contributed by atoms with Crippen LogP contribution in [0, 0.1) is 0 Å². The van der Waals surface area contributed by atoms with E-state index in [4.69, 9.17) is 4.99 Å². The van der Waals surface area contributed by atoms with Crippen molar-refractivity contribution in [2.75, 3.05) is 5.32 Å². The van der Waals surface area contributed by atoms with Crippen LogP contribution >= 0.6 is 11.8 Å². The van der Waals surface area contributed by atoms with E-state index in [0.717, 1.165) is 28.1 Å². The third-order valence-electron chi connectivity index (χ3n) is 8.89. The smallest absolute Gasteiger partial charge is 0.145 e. The van der Waals surface area contributed by atoms with Crippen LogP contribution in [0.2, 0.25) is 0 Å². The molecule has 214 valence electrons. The average molecular weight is 596 g/mol. The lowest BCUT2D eigenvalue weighted by atomic mass is 9.97. The first-order valence-electron chi connectivity index (χ1n) is 15.3. The Kier molecular flexibility index (Phi) is 6.20. The Morgan fingerprint density at radius 2 is 1.20 bits per heavy atom. The van der Waals surface area contributed by atoms with E-state index in [9.17, 15) is 0 Å². The van der Waals surface area contributed by atoms with E-state index in [1.54, 1.807) is 0 Å². The van der Waals surface area contributed by atoms with Gasteiger partial charge < -0.3 is 10.6 Å². The zero-order chi connectivity index (χ0) is 29.7. The molecule has 2 atom stereocenters. The number of aliphatic imine (C=N–C) groups is 1. The van der Waals surface area contributed by atoms with Gasteiger partial charge in [-0.2, -0.15) is 0 Å². The molecule has 2 aliphatic rings. The van der Waals surface area contributed by atoms with Crippen LogP contribution in [0.3, 0.4) is 0 Å². The van der Waals surface area contributed by atoms with Crippen molar-refractivity contribution in [1.29, 1.82) is 0 Å². The second-order valence-electron chi connectivity index (χ2n) is 11.7. The highest BCUT2D eigenvalue weighted by Crippen LogP contribution is 2.51. The molecule has 0 fully saturated rings. The number of nitrogens with zero attached hydrogens (tertiary/aromatic N) is 1. The van der Waals surface area contributed by atoms with Gasteiger partial charge in [0.25, 0.3) is 0 Å². The normalized spacial score (nSPS) is 17.4. The third-order valence-corrected chi connectivity index (χ3v) is 10.1. The first-order valence-corrected chi connectivity index (χ1v) is 16.2. The predicted octanol–water partition coefficient (Wildman–Crippen LogP) is 10.5. The highest BCUT2D eigenvalue weighted by atomic mass is 32.2. The number of fused-ring (bicyclic) bond motifs is 6. The molecule has 0 spiro atoms. The highest BCUT2D eigenvalue weighted by molar-refractivity contribution is 8.00. The summed E-state index contributed by atoms with van der Waals surface area (Å²) in [6.07, 6.45) is 1.96. The van der Waals surface area contributed by atoms with E-state index in [2.05, 4.69) is 156 Å². The summed E-state index contributed by atoms with van der Waals surface area (Å²) in [5.41, 5.74) is 7.98. The third kappa shape index (κ3) is 4.66. The minimum atomic E-state index is -0.201. The fraction of sp³-hybridized carbons (Fsp3) is 0.0488. The monoisotopic (exact) mass is 595 g/mol. The molecule has 2 aliphatic heterocycles. The first-order chi connectivity index (χ1) is 22.3. The van der Waals surface area contributed by atoms with Gasteiger partial charge in [0.2, 0.25) is 0 Å². The minimum Gasteiger partial charge on any atom is -0.368 e. The quantitative estimate of drug-likeness (QED) is 0.199. The van der Waals surface area contributed by atoms with Gasteiger partial charge in [0, 0.05) is 16.0 Å². The van der Waals surface area contributed by atoms with Crippen LogP contribution in [-0.2, 0) is 0 Å². The average Bonchev–Trinajstić information content (AvgIpc) is 3.56. The number of thioether (sulfide) groups is 1. The maximum Gasteiger partial charge on any atom is 0.145 e. The topological polar surface area (TPSA) is 36.4 Å². The summed E-state index contributed by atoms with van der Waals surface area (Å²) in [7, 11) is 0. The van der Waals surface area contributed by atoms with E-state index < -0.39 is 0 Å². The zero-order valence-corrected chi connectivity index (χ0v) is 25.3. The molecular weight excluding hydrogens is 567 g/mol. The van der Waals surface area contributed by atoms with Gasteiger partial charge in [-0.1, -0.05) is 139 Å². The molecule has 2 N–H and O–H groups in total. The van der Waals surface area contributed by atoms with Crippen molar-refractivity contribution in [3.63, 3.8) is 0 Å². The van der Waals surface area contributed by atoms with Crippen LogP contribution in [0.25, 0.3) is 38.0 Å². The van der Waals surface area contributed by atoms with Gasteiger partial charge >= 0.3 is 0 Å². The Bertz CT molecular complexity index is 2310. The van der Waals surface area contributed by atoms with Crippen LogP contribution in [0.1, 0.15) is 33.8 Å². The Balaban J connectivity index is 1.10. The van der Waals surface area contributed by atoms with Gasteiger partial charge in [-0.15, -0.1) is 0 Å². The molecule has 7 aromatic rings. The van der Waals surface area contributed by atoms with Crippen molar-refractivity contribution in [3.05, 3.63) is 174 Å². The van der Waals surface area contributed by atoms with Crippen molar-refractivity contribution in [3.8, 4) is 0 Å². The molecule has 0 radical (unpaired) electrons. The summed E-state index contributed by atoms with van der Waals surface area (Å²) in [4.78, 5) is 6.50. The van der Waals surface area contributed by atoms with Crippen molar-refractivity contribution < 1.29 is 0 Å². The van der Waals surface area contributed by atoms with Gasteiger partial charge in [0.1, 0.15) is 11.5 Å². The molecule has 4 heteroatoms. The lowest BCUT2D eigenvalue weighted by Crippen LogP contribution is -2.24. The van der Waals surface area contributed by atoms with E-state index in [-0.39, 0.29) is 11.5 Å². The van der Waals surface area contributed by atoms with E-state index in [1.807, 2.05) is 17.8 Å². The molecular formula is C41H29N3S. The van der Waals surface area contributed by atoms with Crippen LogP contribution in [-0.4, -0.2) is 5.71 Å². The molecule has 9 rings (SSSR count). The van der Waals surface area contributed by atoms with Gasteiger partial charge in [-0.3, -0.25) is 4.99 Å². The summed E-state index contributed by atoms with van der Waals surface area (Å²) in [6, 6.07) is 52.2. The largest absolute Gasteiger partial charge is 0.368 e. The van der Waals surface area contributed by atoms with Crippen LogP contribution in [0.4, 0.5) is 5.69 Å². The molecule has 0 aromatic heterocycles. The Morgan fingerprint density at radius 1 is 0.533 bits per heavy atom. The standard InChI is InChI=1S/C41H29N3S/c1-3-10-27(11-4-1)35-25-36(28-12-5-2-6-13-28)43-40(42-35)32-19-21-34-31(24-32)17-16-29-20-22-37-39(38(29)34)44-41(45-37)33-18-15-26-9-7-8-14-30(26)23-33/h1-25,40-42,44H. The number of hydrogen-bond acceptors (Lipinski definition) is 4. The molecule has 0 aliphatic carbocycles. The Labute approximate surface area is 266 Å². The number of rotatable bonds is 4. The number of benzene rings is 7. The fourth-order valence-electron chi connectivity index (χ4n) is 6.62. The van der Waals surface area contributed by atoms with Gasteiger partial charge in [-0.05, 0) is 73.5 Å². The second kappa shape index (κ2) is 10.7. The number of allylic oxidation sites excluding steroid dienone is 1. The minimum absolute atomic E-state index is 0.171. The van der Waals surface area contributed by atoms with Gasteiger partial charge in [0.05, 0.1) is 11.4 Å². The van der Waals surface area contributed by atoms with Gasteiger partial charge in [0.15, 0.2) is 0 Å². The predicted molar refractivity (Wildman–Crippen MR) is 191 cm³/mol. The van der Waals surface area contributed by atoms with Crippen LogP contribution in [0.15, 0.2) is 162 Å². The lowest BCUT2D eigenvalue weighted by molar-refractivity contribution is 0.665. The van der Waals surface area contributed by atoms with Crippen molar-refractivity contribution >= 4 is 61.2 Å². The van der Waals surface area contributed by atoms with Crippen LogP contribution in [0.5, 0.6) is 0 Å². The maximum absolute atomic E-state index is 5.20. The van der Waals surface area contributed by atoms with Crippen LogP contribution < -0.4 is 10.6 Å². The molecule has 2 unspecified atom stereocenters. The molecule has 2 heterocycles. The SMILES string of the molecule is C1=C(c2ccccc2)NC(c2ccc3c(ccc4ccc5c(c43)NC(c3ccc4ccccc4c3)S5)c2)N=C1c1ccccc1. The maximum atomic E-state index is 5.20. The van der Waals surface area contributed by atoms with Crippen molar-refractivity contribution in [1.82, 2.24) is 5.32 Å². The summed E-state index contributed by atoms with van der Waals surface area (Å²) >= 11 is 1.90. The molecule has 7 aromatic carbocycles.